The zero-order valence-corrected chi connectivity index (χ0v) is 17.2. The Balaban J connectivity index is 1.67. The van der Waals surface area contributed by atoms with E-state index >= 15 is 0 Å². The van der Waals surface area contributed by atoms with Gasteiger partial charge < -0.3 is 15.0 Å². The smallest absolute Gasteiger partial charge is 0.258 e. The maximum Gasteiger partial charge on any atom is 0.258 e. The molecule has 0 unspecified atom stereocenters. The number of H-pyrrole nitrogens is 1. The van der Waals surface area contributed by atoms with Crippen LogP contribution in [0.2, 0.25) is 0 Å². The van der Waals surface area contributed by atoms with Gasteiger partial charge >= 0.3 is 0 Å². The lowest BCUT2D eigenvalue weighted by Crippen LogP contribution is -2.36. The molecule has 0 radical (unpaired) electrons. The number of benzene rings is 1. The Hall–Kier alpha value is -3.09. The molecular formula is C23H26N4O3. The Morgan fingerprint density at radius 3 is 2.73 bits per heavy atom. The van der Waals surface area contributed by atoms with Gasteiger partial charge in [0.1, 0.15) is 11.6 Å². The minimum absolute atomic E-state index is 0.0988. The zero-order valence-electron chi connectivity index (χ0n) is 17.2. The van der Waals surface area contributed by atoms with E-state index < -0.39 is 5.92 Å². The largest absolute Gasteiger partial charge is 0.497 e. The van der Waals surface area contributed by atoms with E-state index in [1.54, 1.807) is 7.11 Å². The van der Waals surface area contributed by atoms with E-state index in [0.717, 1.165) is 50.0 Å². The number of ether oxygens (including phenoxy) is 1. The number of hydrogen-bond acceptors (Lipinski definition) is 6. The Morgan fingerprint density at radius 1 is 1.10 bits per heavy atom. The van der Waals surface area contributed by atoms with Crippen molar-refractivity contribution in [3.05, 3.63) is 57.0 Å². The number of aromatic nitrogens is 2. The number of allylic oxidation sites excluding steroid dienone is 2. The lowest BCUT2D eigenvalue weighted by atomic mass is 9.76. The number of Topliss-reactive ketones (excluding diaryl/α,β-unsaturated/α-hetero) is 1. The van der Waals surface area contributed by atoms with Gasteiger partial charge in [0, 0.05) is 36.7 Å². The number of hydrogen-bond donors (Lipinski definition) is 2. The van der Waals surface area contributed by atoms with E-state index in [4.69, 9.17) is 9.72 Å². The highest BCUT2D eigenvalue weighted by atomic mass is 16.5. The second-order valence-corrected chi connectivity index (χ2v) is 8.20. The SMILES string of the molecule is COc1cccc([C@@H]2C3=C(CCCC3=O)Nc3nc(N4CCCCC4)[nH]c(=O)c32)c1. The number of piperidine rings is 1. The molecule has 3 aliphatic rings. The van der Waals surface area contributed by atoms with Crippen molar-refractivity contribution in [2.45, 2.75) is 44.4 Å². The van der Waals surface area contributed by atoms with Crippen molar-refractivity contribution in [2.24, 2.45) is 0 Å². The molecule has 5 rings (SSSR count). The fraction of sp³-hybridized carbons (Fsp3) is 0.435. The summed E-state index contributed by atoms with van der Waals surface area (Å²) in [5.41, 5.74) is 2.79. The summed E-state index contributed by atoms with van der Waals surface area (Å²) in [6.07, 6.45) is 5.52. The predicted molar refractivity (Wildman–Crippen MR) is 115 cm³/mol. The van der Waals surface area contributed by atoms with Crippen LogP contribution in [0, 0.1) is 0 Å². The molecule has 7 nitrogen and oxygen atoms in total. The fourth-order valence-corrected chi connectivity index (χ4v) is 4.86. The first-order valence-corrected chi connectivity index (χ1v) is 10.7. The van der Waals surface area contributed by atoms with Crippen LogP contribution >= 0.6 is 0 Å². The molecule has 2 aliphatic heterocycles. The molecule has 1 aromatic heterocycles. The lowest BCUT2D eigenvalue weighted by Gasteiger charge is -2.34. The van der Waals surface area contributed by atoms with Gasteiger partial charge in [0.25, 0.3) is 5.56 Å². The van der Waals surface area contributed by atoms with Crippen LogP contribution in [0.4, 0.5) is 11.8 Å². The summed E-state index contributed by atoms with van der Waals surface area (Å²) in [4.78, 5) is 36.2. The van der Waals surface area contributed by atoms with E-state index in [0.29, 0.717) is 35.1 Å². The number of methoxy groups -OCH3 is 1. The van der Waals surface area contributed by atoms with Crippen LogP contribution in [0.15, 0.2) is 40.3 Å². The molecule has 0 bridgehead atoms. The van der Waals surface area contributed by atoms with Crippen molar-refractivity contribution in [3.63, 3.8) is 0 Å². The Morgan fingerprint density at radius 2 is 1.93 bits per heavy atom. The van der Waals surface area contributed by atoms with Crippen LogP contribution in [0.5, 0.6) is 5.75 Å². The van der Waals surface area contributed by atoms with E-state index in [-0.39, 0.29) is 11.3 Å². The molecule has 1 atom stereocenters. The highest BCUT2D eigenvalue weighted by molar-refractivity contribution is 6.00. The van der Waals surface area contributed by atoms with Crippen LogP contribution in [-0.4, -0.2) is 36.0 Å². The third-order valence-electron chi connectivity index (χ3n) is 6.33. The highest BCUT2D eigenvalue weighted by Crippen LogP contribution is 2.44. The van der Waals surface area contributed by atoms with Crippen LogP contribution in [0.1, 0.15) is 55.6 Å². The second-order valence-electron chi connectivity index (χ2n) is 8.20. The second kappa shape index (κ2) is 7.63. The summed E-state index contributed by atoms with van der Waals surface area (Å²) in [6, 6.07) is 7.62. The molecule has 156 valence electrons. The quantitative estimate of drug-likeness (QED) is 0.813. The topological polar surface area (TPSA) is 87.3 Å². The molecule has 2 aromatic rings. The maximum absolute atomic E-state index is 13.3. The molecular weight excluding hydrogens is 380 g/mol. The number of nitrogens with one attached hydrogen (secondary N) is 2. The van der Waals surface area contributed by atoms with Crippen molar-refractivity contribution in [3.8, 4) is 5.75 Å². The molecule has 1 aliphatic carbocycles. The van der Waals surface area contributed by atoms with Crippen molar-refractivity contribution >= 4 is 17.5 Å². The zero-order chi connectivity index (χ0) is 20.7. The van der Waals surface area contributed by atoms with E-state index in [9.17, 15) is 9.59 Å². The fourth-order valence-electron chi connectivity index (χ4n) is 4.86. The first kappa shape index (κ1) is 18.9. The van der Waals surface area contributed by atoms with Crippen molar-refractivity contribution < 1.29 is 9.53 Å². The lowest BCUT2D eigenvalue weighted by molar-refractivity contribution is -0.116. The third kappa shape index (κ3) is 3.18. The summed E-state index contributed by atoms with van der Waals surface area (Å²) in [5, 5.41) is 3.35. The number of nitrogens with zero attached hydrogens (tertiary/aromatic N) is 2. The van der Waals surface area contributed by atoms with Crippen LogP contribution in [-0.2, 0) is 4.79 Å². The standard InChI is InChI=1S/C23H26N4O3/c1-30-15-8-5-7-14(13-15)18-19-16(9-6-10-17(19)28)24-21-20(18)22(29)26-23(25-21)27-11-3-2-4-12-27/h5,7-8,13,18H,2-4,6,9-12H2,1H3,(H2,24,25,26,29)/t18-/m1/s1. The van der Waals surface area contributed by atoms with Crippen molar-refractivity contribution in [1.29, 1.82) is 0 Å². The van der Waals surface area contributed by atoms with Gasteiger partial charge in [-0.2, -0.15) is 4.98 Å². The van der Waals surface area contributed by atoms with Crippen molar-refractivity contribution in [1.82, 2.24) is 9.97 Å². The average Bonchev–Trinajstić information content (AvgIpc) is 2.78. The first-order chi connectivity index (χ1) is 14.7. The highest BCUT2D eigenvalue weighted by Gasteiger charge is 2.38. The van der Waals surface area contributed by atoms with Gasteiger partial charge in [-0.3, -0.25) is 14.6 Å². The van der Waals surface area contributed by atoms with Gasteiger partial charge in [-0.05, 0) is 49.8 Å². The minimum Gasteiger partial charge on any atom is -0.497 e. The molecule has 1 aromatic carbocycles. The Labute approximate surface area is 175 Å². The van der Waals surface area contributed by atoms with E-state index in [1.807, 2.05) is 24.3 Å². The van der Waals surface area contributed by atoms with Crippen LogP contribution < -0.4 is 20.5 Å². The Bertz CT molecular complexity index is 1080. The summed E-state index contributed by atoms with van der Waals surface area (Å²) in [6.45, 7) is 1.79. The molecule has 30 heavy (non-hydrogen) atoms. The van der Waals surface area contributed by atoms with Gasteiger partial charge in [0.15, 0.2) is 5.78 Å². The van der Waals surface area contributed by atoms with Crippen LogP contribution in [0.3, 0.4) is 0 Å². The molecule has 0 amide bonds. The summed E-state index contributed by atoms with van der Waals surface area (Å²) >= 11 is 0. The summed E-state index contributed by atoms with van der Waals surface area (Å²) < 4.78 is 5.40. The third-order valence-corrected chi connectivity index (χ3v) is 6.33. The molecule has 7 heteroatoms. The average molecular weight is 406 g/mol. The number of fused-ring (bicyclic) bond motifs is 1. The number of carbonyl (C=O) groups is 1. The first-order valence-electron chi connectivity index (χ1n) is 10.7. The van der Waals surface area contributed by atoms with Gasteiger partial charge in [0.05, 0.1) is 12.7 Å². The molecule has 0 spiro atoms. The minimum atomic E-state index is -0.439. The molecule has 2 N–H and O–H groups in total. The van der Waals surface area contributed by atoms with E-state index in [1.165, 1.54) is 6.42 Å². The monoisotopic (exact) mass is 406 g/mol. The van der Waals surface area contributed by atoms with E-state index in [2.05, 4.69) is 15.2 Å². The van der Waals surface area contributed by atoms with Gasteiger partial charge in [-0.1, -0.05) is 12.1 Å². The molecule has 0 saturated carbocycles. The molecule has 3 heterocycles. The van der Waals surface area contributed by atoms with Crippen LogP contribution in [0.25, 0.3) is 0 Å². The van der Waals surface area contributed by atoms with Gasteiger partial charge in [-0.15, -0.1) is 0 Å². The van der Waals surface area contributed by atoms with Gasteiger partial charge in [-0.25, -0.2) is 0 Å². The normalized spacial score (nSPS) is 21.0. The Kier molecular flexibility index (Phi) is 4.81. The van der Waals surface area contributed by atoms with Gasteiger partial charge in [0.2, 0.25) is 5.95 Å². The predicted octanol–water partition coefficient (Wildman–Crippen LogP) is 3.33. The summed E-state index contributed by atoms with van der Waals surface area (Å²) in [7, 11) is 1.62. The maximum atomic E-state index is 13.3. The number of ketones is 1. The number of rotatable bonds is 3. The molecule has 1 fully saturated rings. The van der Waals surface area contributed by atoms with Crippen molar-refractivity contribution in [2.75, 3.05) is 30.4 Å². The molecule has 1 saturated heterocycles. The number of carbonyl (C=O) groups excluding carboxylic acids is 1. The number of aromatic amines is 1. The number of anilines is 2. The summed E-state index contributed by atoms with van der Waals surface area (Å²) in [5.74, 6) is 1.54.